The Balaban J connectivity index is 2.06. The lowest BCUT2D eigenvalue weighted by molar-refractivity contribution is 0.0603. The summed E-state index contributed by atoms with van der Waals surface area (Å²) in [7, 11) is 1.25. The maximum atomic E-state index is 13.2. The summed E-state index contributed by atoms with van der Waals surface area (Å²) in [4.78, 5) is 25.5. The standard InChI is InChI=1S/C22H20N2O4/c1-27-22(26)16-11-13(12-23)19(24-14-7-3-2-4-8-14)21-18(16)20(25)15-9-5-6-10-17(15)28-21/h5-6,9-11,14,24H,2-4,7-8H2,1H3. The predicted octanol–water partition coefficient (Wildman–Crippen LogP) is 4.35. The van der Waals surface area contributed by atoms with Gasteiger partial charge in [0.05, 0.1) is 34.7 Å². The molecule has 2 aromatic carbocycles. The molecule has 1 saturated carbocycles. The Morgan fingerprint density at radius 2 is 2.00 bits per heavy atom. The van der Waals surface area contributed by atoms with Crippen molar-refractivity contribution in [2.75, 3.05) is 12.4 Å². The molecule has 1 aliphatic rings. The molecule has 1 N–H and O–H groups in total. The molecule has 1 aliphatic carbocycles. The van der Waals surface area contributed by atoms with Crippen molar-refractivity contribution in [2.24, 2.45) is 0 Å². The number of ether oxygens (including phenoxy) is 1. The molecule has 0 atom stereocenters. The fraction of sp³-hybridized carbons (Fsp3) is 0.318. The number of methoxy groups -OCH3 is 1. The number of fused-ring (bicyclic) bond motifs is 2. The van der Waals surface area contributed by atoms with Gasteiger partial charge in [0.15, 0.2) is 5.58 Å². The molecule has 6 heteroatoms. The molecule has 28 heavy (non-hydrogen) atoms. The number of anilines is 1. The third-order valence-corrected chi connectivity index (χ3v) is 5.33. The van der Waals surface area contributed by atoms with E-state index in [0.29, 0.717) is 16.7 Å². The fourth-order valence-corrected chi connectivity index (χ4v) is 3.93. The molecule has 0 saturated heterocycles. The number of nitriles is 1. The van der Waals surface area contributed by atoms with E-state index in [-0.39, 0.29) is 33.6 Å². The van der Waals surface area contributed by atoms with Gasteiger partial charge in [-0.25, -0.2) is 4.79 Å². The molecule has 1 heterocycles. The topological polar surface area (TPSA) is 92.3 Å². The Kier molecular flexibility index (Phi) is 4.74. The zero-order valence-electron chi connectivity index (χ0n) is 15.6. The highest BCUT2D eigenvalue weighted by molar-refractivity contribution is 6.09. The molecule has 0 amide bonds. The van der Waals surface area contributed by atoms with Crippen LogP contribution in [-0.2, 0) is 4.74 Å². The molecule has 0 unspecified atom stereocenters. The Hall–Kier alpha value is -3.33. The van der Waals surface area contributed by atoms with E-state index < -0.39 is 5.97 Å². The molecule has 142 valence electrons. The number of hydrogen-bond donors (Lipinski definition) is 1. The Bertz CT molecular complexity index is 1170. The van der Waals surface area contributed by atoms with Crippen LogP contribution >= 0.6 is 0 Å². The molecular weight excluding hydrogens is 356 g/mol. The van der Waals surface area contributed by atoms with Crippen LogP contribution in [0.15, 0.2) is 39.5 Å². The zero-order valence-corrected chi connectivity index (χ0v) is 15.6. The molecule has 6 nitrogen and oxygen atoms in total. The molecule has 1 fully saturated rings. The first-order valence-electron chi connectivity index (χ1n) is 9.41. The first kappa shape index (κ1) is 18.1. The van der Waals surface area contributed by atoms with E-state index in [2.05, 4.69) is 11.4 Å². The van der Waals surface area contributed by atoms with E-state index in [1.54, 1.807) is 24.3 Å². The van der Waals surface area contributed by atoms with Gasteiger partial charge in [-0.15, -0.1) is 0 Å². The van der Waals surface area contributed by atoms with Crippen LogP contribution in [0.25, 0.3) is 21.9 Å². The molecule has 0 aliphatic heterocycles. The number of benzene rings is 2. The van der Waals surface area contributed by atoms with Gasteiger partial charge in [-0.05, 0) is 31.0 Å². The van der Waals surface area contributed by atoms with Gasteiger partial charge in [0.2, 0.25) is 5.43 Å². The van der Waals surface area contributed by atoms with E-state index in [1.165, 1.54) is 19.6 Å². The number of para-hydroxylation sites is 1. The van der Waals surface area contributed by atoms with Gasteiger partial charge >= 0.3 is 5.97 Å². The summed E-state index contributed by atoms with van der Waals surface area (Å²) in [5, 5.41) is 13.6. The average Bonchev–Trinajstić information content (AvgIpc) is 2.74. The van der Waals surface area contributed by atoms with Crippen LogP contribution in [0.2, 0.25) is 0 Å². The minimum Gasteiger partial charge on any atom is -0.465 e. The maximum absolute atomic E-state index is 13.2. The van der Waals surface area contributed by atoms with Crippen molar-refractivity contribution in [1.29, 1.82) is 5.26 Å². The molecule has 4 rings (SSSR count). The first-order valence-corrected chi connectivity index (χ1v) is 9.41. The van der Waals surface area contributed by atoms with Crippen LogP contribution < -0.4 is 10.7 Å². The monoisotopic (exact) mass is 376 g/mol. The molecule has 0 spiro atoms. The number of esters is 1. The predicted molar refractivity (Wildman–Crippen MR) is 107 cm³/mol. The number of carbonyl (C=O) groups excluding carboxylic acids is 1. The Labute approximate surface area is 161 Å². The molecular formula is C22H20N2O4. The van der Waals surface area contributed by atoms with Crippen molar-refractivity contribution < 1.29 is 13.9 Å². The third-order valence-electron chi connectivity index (χ3n) is 5.33. The molecule has 0 bridgehead atoms. The van der Waals surface area contributed by atoms with Crippen molar-refractivity contribution in [3.05, 3.63) is 51.7 Å². The van der Waals surface area contributed by atoms with Crippen LogP contribution in [0.1, 0.15) is 48.0 Å². The number of rotatable bonds is 3. The van der Waals surface area contributed by atoms with Crippen LogP contribution in [0.4, 0.5) is 5.69 Å². The summed E-state index contributed by atoms with van der Waals surface area (Å²) < 4.78 is 10.9. The van der Waals surface area contributed by atoms with E-state index in [9.17, 15) is 14.9 Å². The largest absolute Gasteiger partial charge is 0.465 e. The lowest BCUT2D eigenvalue weighted by Gasteiger charge is -2.25. The SMILES string of the molecule is COC(=O)c1cc(C#N)c(NC2CCCCC2)c2oc3ccccc3c(=O)c12. The first-order chi connectivity index (χ1) is 13.6. The van der Waals surface area contributed by atoms with Crippen molar-refractivity contribution in [2.45, 2.75) is 38.1 Å². The van der Waals surface area contributed by atoms with E-state index >= 15 is 0 Å². The van der Waals surface area contributed by atoms with Gasteiger partial charge in [0.25, 0.3) is 0 Å². The number of hydrogen-bond acceptors (Lipinski definition) is 6. The van der Waals surface area contributed by atoms with Gasteiger partial charge in [0, 0.05) is 6.04 Å². The van der Waals surface area contributed by atoms with Crippen molar-refractivity contribution in [1.82, 2.24) is 0 Å². The zero-order chi connectivity index (χ0) is 19.7. The molecule has 0 radical (unpaired) electrons. The fourth-order valence-electron chi connectivity index (χ4n) is 3.93. The van der Waals surface area contributed by atoms with Crippen LogP contribution in [0, 0.1) is 11.3 Å². The Morgan fingerprint density at radius 3 is 2.71 bits per heavy atom. The second kappa shape index (κ2) is 7.35. The van der Waals surface area contributed by atoms with Gasteiger partial charge in [0.1, 0.15) is 11.7 Å². The van der Waals surface area contributed by atoms with Gasteiger partial charge in [-0.2, -0.15) is 5.26 Å². The summed E-state index contributed by atoms with van der Waals surface area (Å²) in [5.74, 6) is -0.673. The third kappa shape index (κ3) is 2.99. The molecule has 1 aromatic heterocycles. The van der Waals surface area contributed by atoms with E-state index in [4.69, 9.17) is 9.15 Å². The summed E-state index contributed by atoms with van der Waals surface area (Å²) in [6.45, 7) is 0. The quantitative estimate of drug-likeness (QED) is 0.540. The normalized spacial score (nSPS) is 14.7. The Morgan fingerprint density at radius 1 is 1.25 bits per heavy atom. The highest BCUT2D eigenvalue weighted by Crippen LogP contribution is 2.33. The highest BCUT2D eigenvalue weighted by atomic mass is 16.5. The van der Waals surface area contributed by atoms with Gasteiger partial charge < -0.3 is 14.5 Å². The summed E-state index contributed by atoms with van der Waals surface area (Å²) >= 11 is 0. The van der Waals surface area contributed by atoms with Gasteiger partial charge in [-0.1, -0.05) is 31.4 Å². The van der Waals surface area contributed by atoms with Crippen molar-refractivity contribution in [3.63, 3.8) is 0 Å². The highest BCUT2D eigenvalue weighted by Gasteiger charge is 2.25. The smallest absolute Gasteiger partial charge is 0.338 e. The van der Waals surface area contributed by atoms with E-state index in [1.807, 2.05) is 0 Å². The average molecular weight is 376 g/mol. The van der Waals surface area contributed by atoms with Crippen molar-refractivity contribution >= 4 is 33.6 Å². The summed E-state index contributed by atoms with van der Waals surface area (Å²) in [6.07, 6.45) is 5.41. The lowest BCUT2D eigenvalue weighted by Crippen LogP contribution is -2.23. The second-order valence-corrected chi connectivity index (χ2v) is 7.06. The van der Waals surface area contributed by atoms with Crippen LogP contribution in [0.5, 0.6) is 0 Å². The van der Waals surface area contributed by atoms with E-state index in [0.717, 1.165) is 25.7 Å². The molecule has 3 aromatic rings. The van der Waals surface area contributed by atoms with Gasteiger partial charge in [-0.3, -0.25) is 4.79 Å². The number of nitrogens with zero attached hydrogens (tertiary/aromatic N) is 1. The maximum Gasteiger partial charge on any atom is 0.338 e. The number of carbonyl (C=O) groups is 1. The minimum atomic E-state index is -0.673. The minimum absolute atomic E-state index is 0.0442. The summed E-state index contributed by atoms with van der Waals surface area (Å²) in [6, 6.07) is 10.6. The second-order valence-electron chi connectivity index (χ2n) is 7.06. The number of nitrogens with one attached hydrogen (secondary N) is 1. The lowest BCUT2D eigenvalue weighted by atomic mass is 9.94. The van der Waals surface area contributed by atoms with Crippen LogP contribution in [-0.4, -0.2) is 19.1 Å². The summed E-state index contributed by atoms with van der Waals surface area (Å²) in [5.41, 5.74) is 1.11. The van der Waals surface area contributed by atoms with Crippen LogP contribution in [0.3, 0.4) is 0 Å². The van der Waals surface area contributed by atoms with Crippen molar-refractivity contribution in [3.8, 4) is 6.07 Å².